The lowest BCUT2D eigenvalue weighted by molar-refractivity contribution is -0.116. The molecule has 1 atom stereocenters. The second kappa shape index (κ2) is 6.63. The van der Waals surface area contributed by atoms with Crippen LogP contribution in [0, 0.1) is 5.82 Å². The zero-order valence-electron chi connectivity index (χ0n) is 14.6. The van der Waals surface area contributed by atoms with E-state index in [1.807, 2.05) is 18.2 Å². The van der Waals surface area contributed by atoms with Crippen LogP contribution in [0.1, 0.15) is 29.0 Å². The van der Waals surface area contributed by atoms with E-state index in [0.29, 0.717) is 29.0 Å². The molecule has 2 aromatic carbocycles. The maximum atomic E-state index is 13.6. The summed E-state index contributed by atoms with van der Waals surface area (Å²) in [6.45, 7) is 0.701. The molecule has 2 aliphatic rings. The summed E-state index contributed by atoms with van der Waals surface area (Å²) in [6.07, 6.45) is 2.06. The number of anilines is 1. The molecule has 1 aromatic heterocycles. The number of fused-ring (bicyclic) bond motifs is 2. The Morgan fingerprint density at radius 2 is 2.07 bits per heavy atom. The van der Waals surface area contributed by atoms with Gasteiger partial charge in [0.2, 0.25) is 12.7 Å². The van der Waals surface area contributed by atoms with E-state index in [4.69, 9.17) is 9.47 Å². The lowest BCUT2D eigenvalue weighted by atomic mass is 9.87. The molecule has 8 heteroatoms. The fraction of sp³-hybridized carbons (Fsp3) is 0.200. The van der Waals surface area contributed by atoms with Crippen molar-refractivity contribution in [2.45, 2.75) is 18.9 Å². The largest absolute Gasteiger partial charge is 0.454 e. The third kappa shape index (κ3) is 2.93. The van der Waals surface area contributed by atoms with E-state index in [1.54, 1.807) is 23.0 Å². The van der Waals surface area contributed by atoms with Gasteiger partial charge in [0, 0.05) is 17.9 Å². The molecule has 142 valence electrons. The summed E-state index contributed by atoms with van der Waals surface area (Å²) in [4.78, 5) is 12.3. The van der Waals surface area contributed by atoms with Gasteiger partial charge in [-0.05, 0) is 51.3 Å². The van der Waals surface area contributed by atoms with Gasteiger partial charge in [-0.25, -0.2) is 9.07 Å². The maximum Gasteiger partial charge on any atom is 0.231 e. The van der Waals surface area contributed by atoms with E-state index in [9.17, 15) is 9.18 Å². The Hall–Kier alpha value is -2.87. The monoisotopic (exact) mass is 443 g/mol. The van der Waals surface area contributed by atoms with Crippen LogP contribution in [-0.4, -0.2) is 22.5 Å². The normalized spacial score (nSPS) is 17.4. The minimum Gasteiger partial charge on any atom is -0.454 e. The summed E-state index contributed by atoms with van der Waals surface area (Å²) in [6, 6.07) is 10.6. The van der Waals surface area contributed by atoms with Crippen LogP contribution >= 0.6 is 15.9 Å². The van der Waals surface area contributed by atoms with Gasteiger partial charge >= 0.3 is 0 Å². The Labute approximate surface area is 168 Å². The van der Waals surface area contributed by atoms with Gasteiger partial charge in [0.05, 0.1) is 17.2 Å². The summed E-state index contributed by atoms with van der Waals surface area (Å²) in [5.41, 5.74) is 2.77. The van der Waals surface area contributed by atoms with Crippen molar-refractivity contribution in [3.8, 4) is 11.5 Å². The van der Waals surface area contributed by atoms with Gasteiger partial charge < -0.3 is 14.8 Å². The molecule has 2 aliphatic heterocycles. The van der Waals surface area contributed by atoms with Crippen LogP contribution in [0.4, 0.5) is 10.2 Å². The first-order valence-electron chi connectivity index (χ1n) is 8.77. The first-order chi connectivity index (χ1) is 13.6. The van der Waals surface area contributed by atoms with Gasteiger partial charge in [0.25, 0.3) is 0 Å². The lowest BCUT2D eigenvalue weighted by Gasteiger charge is -2.24. The van der Waals surface area contributed by atoms with Gasteiger partial charge in [-0.1, -0.05) is 12.1 Å². The standard InChI is InChI=1S/C20H15BrFN3O3/c21-15-6-12(2-3-16(15)22)13-7-19(26)24-20-14(13)8-23-25(20)9-11-1-4-17-18(5-11)28-10-27-17/h1-6,8,13H,7,9-10H2,(H,24,26)/t13-/m0/s1. The number of hydrogen-bond donors (Lipinski definition) is 1. The van der Waals surface area contributed by atoms with Crippen LogP contribution in [0.5, 0.6) is 11.5 Å². The number of amides is 1. The van der Waals surface area contributed by atoms with Crippen molar-refractivity contribution in [3.05, 3.63) is 69.6 Å². The molecule has 0 unspecified atom stereocenters. The number of ether oxygens (including phenoxy) is 2. The second-order valence-electron chi connectivity index (χ2n) is 6.77. The number of hydrogen-bond acceptors (Lipinski definition) is 4. The van der Waals surface area contributed by atoms with E-state index in [1.165, 1.54) is 6.07 Å². The predicted molar refractivity (Wildman–Crippen MR) is 103 cm³/mol. The fourth-order valence-corrected chi connectivity index (χ4v) is 4.03. The molecule has 0 spiro atoms. The van der Waals surface area contributed by atoms with Crippen molar-refractivity contribution in [1.29, 1.82) is 0 Å². The van der Waals surface area contributed by atoms with E-state index < -0.39 is 0 Å². The second-order valence-corrected chi connectivity index (χ2v) is 7.63. The summed E-state index contributed by atoms with van der Waals surface area (Å²) in [5.74, 6) is 1.50. The van der Waals surface area contributed by atoms with Crippen molar-refractivity contribution < 1.29 is 18.7 Å². The summed E-state index contributed by atoms with van der Waals surface area (Å²) in [7, 11) is 0. The molecule has 0 aliphatic carbocycles. The van der Waals surface area contributed by atoms with Gasteiger partial charge in [-0.3, -0.25) is 4.79 Å². The third-order valence-corrected chi connectivity index (χ3v) is 5.61. The highest BCUT2D eigenvalue weighted by Gasteiger charge is 2.30. The average molecular weight is 444 g/mol. The van der Waals surface area contributed by atoms with Crippen molar-refractivity contribution >= 4 is 27.7 Å². The maximum absolute atomic E-state index is 13.6. The van der Waals surface area contributed by atoms with Gasteiger partial charge in [-0.2, -0.15) is 5.10 Å². The van der Waals surface area contributed by atoms with Crippen LogP contribution in [0.15, 0.2) is 47.1 Å². The van der Waals surface area contributed by atoms with Crippen molar-refractivity contribution in [2.24, 2.45) is 0 Å². The zero-order valence-corrected chi connectivity index (χ0v) is 16.2. The van der Waals surface area contributed by atoms with Crippen LogP contribution in [0.2, 0.25) is 0 Å². The number of carbonyl (C=O) groups excluding carboxylic acids is 1. The molecular weight excluding hydrogens is 429 g/mol. The summed E-state index contributed by atoms with van der Waals surface area (Å²) < 4.78 is 26.5. The third-order valence-electron chi connectivity index (χ3n) is 5.01. The molecule has 28 heavy (non-hydrogen) atoms. The van der Waals surface area contributed by atoms with E-state index in [0.717, 1.165) is 22.4 Å². The van der Waals surface area contributed by atoms with Gasteiger partial charge in [-0.15, -0.1) is 0 Å². The smallest absolute Gasteiger partial charge is 0.231 e. The van der Waals surface area contributed by atoms with E-state index in [-0.39, 0.29) is 24.4 Å². The molecule has 3 heterocycles. The van der Waals surface area contributed by atoms with E-state index in [2.05, 4.69) is 26.3 Å². The molecular formula is C20H15BrFN3O3. The van der Waals surface area contributed by atoms with Crippen molar-refractivity contribution in [1.82, 2.24) is 9.78 Å². The minimum atomic E-state index is -0.331. The molecule has 0 bridgehead atoms. The number of nitrogens with one attached hydrogen (secondary N) is 1. The molecule has 0 fully saturated rings. The molecule has 1 N–H and O–H groups in total. The summed E-state index contributed by atoms with van der Waals surface area (Å²) >= 11 is 3.22. The van der Waals surface area contributed by atoms with Gasteiger partial charge in [0.15, 0.2) is 11.5 Å². The SMILES string of the molecule is O=C1C[C@@H](c2ccc(F)c(Br)c2)c2cnn(Cc3ccc4c(c3)OCO4)c2N1. The van der Waals surface area contributed by atoms with Gasteiger partial charge in [0.1, 0.15) is 11.6 Å². The highest BCUT2D eigenvalue weighted by Crippen LogP contribution is 2.39. The highest BCUT2D eigenvalue weighted by atomic mass is 79.9. The first kappa shape index (κ1) is 17.2. The number of benzene rings is 2. The Morgan fingerprint density at radius 3 is 2.93 bits per heavy atom. The van der Waals surface area contributed by atoms with Crippen LogP contribution in [0.3, 0.4) is 0 Å². The zero-order chi connectivity index (χ0) is 19.3. The number of nitrogens with zero attached hydrogens (tertiary/aromatic N) is 2. The van der Waals surface area contributed by atoms with Crippen molar-refractivity contribution in [2.75, 3.05) is 12.1 Å². The van der Waals surface area contributed by atoms with E-state index >= 15 is 0 Å². The molecule has 3 aromatic rings. The molecule has 1 amide bonds. The Kier molecular flexibility index (Phi) is 4.08. The summed E-state index contributed by atoms with van der Waals surface area (Å²) in [5, 5.41) is 7.41. The number of aromatic nitrogens is 2. The Balaban J connectivity index is 1.49. The average Bonchev–Trinajstić information content (AvgIpc) is 3.30. The van der Waals surface area contributed by atoms with Crippen LogP contribution in [-0.2, 0) is 11.3 Å². The quantitative estimate of drug-likeness (QED) is 0.663. The predicted octanol–water partition coefficient (Wildman–Crippen LogP) is 4.04. The molecule has 6 nitrogen and oxygen atoms in total. The topological polar surface area (TPSA) is 65.4 Å². The fourth-order valence-electron chi connectivity index (χ4n) is 3.63. The lowest BCUT2D eigenvalue weighted by Crippen LogP contribution is -2.25. The number of carbonyl (C=O) groups is 1. The van der Waals surface area contributed by atoms with Crippen LogP contribution < -0.4 is 14.8 Å². The molecule has 0 saturated heterocycles. The molecule has 0 saturated carbocycles. The highest BCUT2D eigenvalue weighted by molar-refractivity contribution is 9.10. The molecule has 5 rings (SSSR count). The van der Waals surface area contributed by atoms with Crippen LogP contribution in [0.25, 0.3) is 0 Å². The minimum absolute atomic E-state index is 0.0922. The Bertz CT molecular complexity index is 1100. The Morgan fingerprint density at radius 1 is 1.21 bits per heavy atom. The van der Waals surface area contributed by atoms with Crippen molar-refractivity contribution in [3.63, 3.8) is 0 Å². The number of halogens is 2. The number of rotatable bonds is 3. The molecule has 0 radical (unpaired) electrons. The first-order valence-corrected chi connectivity index (χ1v) is 9.57.